The van der Waals surface area contributed by atoms with Gasteiger partial charge in [0.15, 0.2) is 0 Å². The first-order valence-electron chi connectivity index (χ1n) is 7.74. The third kappa shape index (κ3) is 7.50. The summed E-state index contributed by atoms with van der Waals surface area (Å²) in [5, 5.41) is 4.03. The lowest BCUT2D eigenvalue weighted by atomic mass is 10.2. The zero-order valence-corrected chi connectivity index (χ0v) is 14.3. The van der Waals surface area contributed by atoms with Gasteiger partial charge in [-0.3, -0.25) is 4.79 Å². The Hall–Kier alpha value is -0.260. The summed E-state index contributed by atoms with van der Waals surface area (Å²) in [7, 11) is 4.11. The van der Waals surface area contributed by atoms with Crippen molar-refractivity contribution in [3.8, 4) is 0 Å². The van der Waals surface area contributed by atoms with Gasteiger partial charge in [-0.25, -0.2) is 0 Å². The largest absolute Gasteiger partial charge is 0.340 e. The van der Waals surface area contributed by atoms with Gasteiger partial charge in [0.1, 0.15) is 0 Å². The molecule has 4 nitrogen and oxygen atoms in total. The fourth-order valence-corrected chi connectivity index (χ4v) is 3.45. The molecule has 0 spiro atoms. The van der Waals surface area contributed by atoms with Crippen molar-refractivity contribution >= 4 is 17.7 Å². The molecule has 20 heavy (non-hydrogen) atoms. The minimum Gasteiger partial charge on any atom is -0.340 e. The fourth-order valence-electron chi connectivity index (χ4n) is 2.32. The molecular formula is C15H31N3OS. The summed E-state index contributed by atoms with van der Waals surface area (Å²) in [6.07, 6.45) is 2.39. The molecule has 1 aliphatic rings. The van der Waals surface area contributed by atoms with Gasteiger partial charge in [0, 0.05) is 24.9 Å². The van der Waals surface area contributed by atoms with Crippen LogP contribution in [0.3, 0.4) is 0 Å². The van der Waals surface area contributed by atoms with E-state index >= 15 is 0 Å². The Morgan fingerprint density at radius 3 is 2.45 bits per heavy atom. The number of nitrogens with zero attached hydrogens (tertiary/aromatic N) is 2. The number of hydrogen-bond acceptors (Lipinski definition) is 4. The molecule has 0 radical (unpaired) electrons. The van der Waals surface area contributed by atoms with Crippen LogP contribution in [0.2, 0.25) is 0 Å². The minimum atomic E-state index is 0.309. The number of carbonyl (C=O) groups excluding carboxylic acids is 1. The molecule has 1 amide bonds. The maximum atomic E-state index is 12.4. The molecule has 0 atom stereocenters. The van der Waals surface area contributed by atoms with Gasteiger partial charge >= 0.3 is 0 Å². The fraction of sp³-hybridized carbons (Fsp3) is 0.933. The molecule has 0 aromatic heterocycles. The quantitative estimate of drug-likeness (QED) is 0.737. The highest BCUT2D eigenvalue weighted by Crippen LogP contribution is 2.20. The Labute approximate surface area is 128 Å². The molecule has 0 unspecified atom stereocenters. The molecule has 0 aromatic rings. The highest BCUT2D eigenvalue weighted by atomic mass is 32.2. The van der Waals surface area contributed by atoms with Crippen LogP contribution in [0.15, 0.2) is 0 Å². The van der Waals surface area contributed by atoms with Gasteiger partial charge in [-0.1, -0.05) is 13.8 Å². The summed E-state index contributed by atoms with van der Waals surface area (Å²) in [4.78, 5) is 16.6. The van der Waals surface area contributed by atoms with Gasteiger partial charge in [0.05, 0.1) is 5.75 Å². The summed E-state index contributed by atoms with van der Waals surface area (Å²) in [6.45, 7) is 9.21. The second-order valence-corrected chi connectivity index (χ2v) is 7.59. The molecule has 1 rings (SSSR count). The van der Waals surface area contributed by atoms with Gasteiger partial charge in [0.2, 0.25) is 5.91 Å². The number of hydrogen-bond donors (Lipinski definition) is 1. The van der Waals surface area contributed by atoms with E-state index in [-0.39, 0.29) is 0 Å². The van der Waals surface area contributed by atoms with E-state index in [9.17, 15) is 4.79 Å². The number of likely N-dealkylation sites (N-methyl/N-ethyl adjacent to an activating group) is 1. The van der Waals surface area contributed by atoms with Crippen LogP contribution in [0.25, 0.3) is 0 Å². The SMILES string of the molecule is CC(C)CN(CCN(C)C)C(=O)CSC1CCNCC1. The summed E-state index contributed by atoms with van der Waals surface area (Å²) in [6, 6.07) is 0. The van der Waals surface area contributed by atoms with Crippen LogP contribution in [-0.4, -0.2) is 73.5 Å². The maximum Gasteiger partial charge on any atom is 0.232 e. The molecule has 1 saturated heterocycles. The second-order valence-electron chi connectivity index (χ2n) is 6.30. The van der Waals surface area contributed by atoms with E-state index in [0.29, 0.717) is 22.8 Å². The molecule has 1 N–H and O–H groups in total. The zero-order valence-electron chi connectivity index (χ0n) is 13.5. The van der Waals surface area contributed by atoms with Crippen molar-refractivity contribution in [1.29, 1.82) is 0 Å². The topological polar surface area (TPSA) is 35.6 Å². The van der Waals surface area contributed by atoms with Crippen molar-refractivity contribution in [2.45, 2.75) is 31.9 Å². The first-order valence-corrected chi connectivity index (χ1v) is 8.78. The van der Waals surface area contributed by atoms with E-state index in [2.05, 4.69) is 38.2 Å². The minimum absolute atomic E-state index is 0.309. The molecule has 1 aliphatic heterocycles. The lowest BCUT2D eigenvalue weighted by Crippen LogP contribution is -2.40. The van der Waals surface area contributed by atoms with Gasteiger partial charge in [-0.2, -0.15) is 0 Å². The predicted octanol–water partition coefficient (Wildman–Crippen LogP) is 1.52. The van der Waals surface area contributed by atoms with Crippen LogP contribution in [-0.2, 0) is 4.79 Å². The van der Waals surface area contributed by atoms with Crippen LogP contribution < -0.4 is 5.32 Å². The molecular weight excluding hydrogens is 270 g/mol. The Balaban J connectivity index is 2.36. The molecule has 1 fully saturated rings. The van der Waals surface area contributed by atoms with Gasteiger partial charge in [-0.05, 0) is 45.9 Å². The lowest BCUT2D eigenvalue weighted by Gasteiger charge is -2.27. The smallest absolute Gasteiger partial charge is 0.232 e. The van der Waals surface area contributed by atoms with Crippen molar-refractivity contribution in [1.82, 2.24) is 15.1 Å². The van der Waals surface area contributed by atoms with E-state index in [0.717, 1.165) is 32.7 Å². The molecule has 118 valence electrons. The number of amides is 1. The van der Waals surface area contributed by atoms with Crippen molar-refractivity contribution in [3.05, 3.63) is 0 Å². The Morgan fingerprint density at radius 1 is 1.25 bits per heavy atom. The Kier molecular flexibility index (Phi) is 8.57. The lowest BCUT2D eigenvalue weighted by molar-refractivity contribution is -0.129. The van der Waals surface area contributed by atoms with Crippen molar-refractivity contribution < 1.29 is 4.79 Å². The van der Waals surface area contributed by atoms with E-state index in [1.54, 1.807) is 0 Å². The summed E-state index contributed by atoms with van der Waals surface area (Å²) < 4.78 is 0. The summed E-state index contributed by atoms with van der Waals surface area (Å²) >= 11 is 1.85. The van der Waals surface area contributed by atoms with E-state index in [1.807, 2.05) is 16.7 Å². The van der Waals surface area contributed by atoms with Crippen LogP contribution >= 0.6 is 11.8 Å². The van der Waals surface area contributed by atoms with Crippen LogP contribution in [0.4, 0.5) is 0 Å². The van der Waals surface area contributed by atoms with Gasteiger partial charge in [0.25, 0.3) is 0 Å². The molecule has 0 bridgehead atoms. The number of thioether (sulfide) groups is 1. The first kappa shape index (κ1) is 17.8. The van der Waals surface area contributed by atoms with E-state index < -0.39 is 0 Å². The number of carbonyl (C=O) groups is 1. The van der Waals surface area contributed by atoms with Crippen LogP contribution in [0.5, 0.6) is 0 Å². The average Bonchev–Trinajstić information content (AvgIpc) is 2.41. The predicted molar refractivity (Wildman–Crippen MR) is 88.3 cm³/mol. The van der Waals surface area contributed by atoms with Gasteiger partial charge in [-0.15, -0.1) is 11.8 Å². The first-order chi connectivity index (χ1) is 9.49. The number of piperidine rings is 1. The van der Waals surface area contributed by atoms with E-state index in [1.165, 1.54) is 12.8 Å². The second kappa shape index (κ2) is 9.64. The third-order valence-corrected chi connectivity index (χ3v) is 4.84. The van der Waals surface area contributed by atoms with Crippen molar-refractivity contribution in [3.63, 3.8) is 0 Å². The van der Waals surface area contributed by atoms with Crippen molar-refractivity contribution in [2.75, 3.05) is 52.6 Å². The van der Waals surface area contributed by atoms with Crippen molar-refractivity contribution in [2.24, 2.45) is 5.92 Å². The molecule has 0 aliphatic carbocycles. The molecule has 0 saturated carbocycles. The normalized spacial score (nSPS) is 16.9. The molecule has 1 heterocycles. The molecule has 0 aromatic carbocycles. The Bertz CT molecular complexity index is 278. The zero-order chi connectivity index (χ0) is 15.0. The van der Waals surface area contributed by atoms with Crippen LogP contribution in [0.1, 0.15) is 26.7 Å². The van der Waals surface area contributed by atoms with E-state index in [4.69, 9.17) is 0 Å². The number of nitrogens with one attached hydrogen (secondary N) is 1. The maximum absolute atomic E-state index is 12.4. The standard InChI is InChI=1S/C15H31N3OS/c1-13(2)11-18(10-9-17(3)4)15(19)12-20-14-5-7-16-8-6-14/h13-14,16H,5-12H2,1-4H3. The summed E-state index contributed by atoms with van der Waals surface area (Å²) in [5.74, 6) is 1.49. The summed E-state index contributed by atoms with van der Waals surface area (Å²) in [5.41, 5.74) is 0. The Morgan fingerprint density at radius 2 is 1.90 bits per heavy atom. The monoisotopic (exact) mass is 301 g/mol. The number of rotatable bonds is 8. The third-order valence-electron chi connectivity index (χ3n) is 3.48. The average molecular weight is 302 g/mol. The highest BCUT2D eigenvalue weighted by Gasteiger charge is 2.19. The van der Waals surface area contributed by atoms with Gasteiger partial charge < -0.3 is 15.1 Å². The molecule has 5 heteroatoms. The van der Waals surface area contributed by atoms with Crippen LogP contribution in [0, 0.1) is 5.92 Å². The highest BCUT2D eigenvalue weighted by molar-refractivity contribution is 8.00.